The Morgan fingerprint density at radius 3 is 1.37 bits per heavy atom. The summed E-state index contributed by atoms with van der Waals surface area (Å²) in [4.78, 5) is 0. The van der Waals surface area contributed by atoms with Gasteiger partial charge < -0.3 is 0 Å². The zero-order valence-electron chi connectivity index (χ0n) is 17.4. The minimum absolute atomic E-state index is 1.16. The van der Waals surface area contributed by atoms with Gasteiger partial charge in [-0.2, -0.15) is 0 Å². The fourth-order valence-electron chi connectivity index (χ4n) is 4.57. The fraction of sp³-hybridized carbons (Fsp3) is 0.133. The second kappa shape index (κ2) is 8.16. The van der Waals surface area contributed by atoms with Gasteiger partial charge in [0.1, 0.15) is 0 Å². The number of rotatable bonds is 5. The number of unbranched alkanes of at least 4 members (excludes halogenated alkanes) is 1. The molecule has 0 N–H and O–H groups in total. The summed E-state index contributed by atoms with van der Waals surface area (Å²) in [6.45, 7) is 2.25. The molecule has 0 heterocycles. The summed E-state index contributed by atoms with van der Waals surface area (Å²) in [5.41, 5.74) is 6.65. The average Bonchev–Trinajstić information content (AvgIpc) is 2.82. The van der Waals surface area contributed by atoms with Crippen molar-refractivity contribution in [2.45, 2.75) is 26.2 Å². The van der Waals surface area contributed by atoms with E-state index < -0.39 is 0 Å². The molecule has 0 saturated carbocycles. The predicted molar refractivity (Wildman–Crippen MR) is 131 cm³/mol. The van der Waals surface area contributed by atoms with E-state index in [4.69, 9.17) is 0 Å². The summed E-state index contributed by atoms with van der Waals surface area (Å²) < 4.78 is 0. The molecule has 0 atom stereocenters. The standard InChI is InChI=1S/C30H26/c1-2-3-11-22-18-20-24(21-19-22)30-27-16-9-7-14-25(27)29(23-12-5-4-6-13-23)26-15-8-10-17-28(26)30/h4-10,12-21H,2-3,11H2,1H3. The summed E-state index contributed by atoms with van der Waals surface area (Å²) in [6, 6.07) is 37.7. The van der Waals surface area contributed by atoms with Crippen LogP contribution in [0.2, 0.25) is 0 Å². The van der Waals surface area contributed by atoms with Crippen molar-refractivity contribution in [2.75, 3.05) is 0 Å². The molecule has 146 valence electrons. The van der Waals surface area contributed by atoms with Crippen molar-refractivity contribution in [2.24, 2.45) is 0 Å². The van der Waals surface area contributed by atoms with Gasteiger partial charge in [-0.1, -0.05) is 116 Å². The number of aryl methyl sites for hydroxylation is 1. The van der Waals surface area contributed by atoms with Crippen LogP contribution >= 0.6 is 0 Å². The molecule has 0 aliphatic carbocycles. The van der Waals surface area contributed by atoms with E-state index in [0.29, 0.717) is 0 Å². The molecule has 0 bridgehead atoms. The van der Waals surface area contributed by atoms with Gasteiger partial charge >= 0.3 is 0 Å². The number of hydrogen-bond donors (Lipinski definition) is 0. The molecule has 0 aliphatic heterocycles. The van der Waals surface area contributed by atoms with Crippen molar-refractivity contribution in [1.82, 2.24) is 0 Å². The molecule has 0 nitrogen and oxygen atoms in total. The molecule has 0 heteroatoms. The molecule has 5 aromatic rings. The summed E-state index contributed by atoms with van der Waals surface area (Å²) in [5, 5.41) is 5.26. The first-order valence-corrected chi connectivity index (χ1v) is 10.9. The van der Waals surface area contributed by atoms with Crippen LogP contribution in [-0.4, -0.2) is 0 Å². The molecule has 0 radical (unpaired) electrons. The lowest BCUT2D eigenvalue weighted by atomic mass is 9.86. The van der Waals surface area contributed by atoms with E-state index in [2.05, 4.69) is 110 Å². The van der Waals surface area contributed by atoms with Crippen molar-refractivity contribution in [3.63, 3.8) is 0 Å². The predicted octanol–water partition coefficient (Wildman–Crippen LogP) is 8.67. The van der Waals surface area contributed by atoms with Gasteiger partial charge in [0.25, 0.3) is 0 Å². The maximum absolute atomic E-state index is 2.31. The minimum atomic E-state index is 1.16. The van der Waals surface area contributed by atoms with E-state index >= 15 is 0 Å². The van der Waals surface area contributed by atoms with Gasteiger partial charge in [-0.3, -0.25) is 0 Å². The van der Waals surface area contributed by atoms with Gasteiger partial charge in [-0.15, -0.1) is 0 Å². The zero-order valence-corrected chi connectivity index (χ0v) is 17.4. The van der Waals surface area contributed by atoms with Crippen LogP contribution in [0.3, 0.4) is 0 Å². The summed E-state index contributed by atoms with van der Waals surface area (Å²) in [6.07, 6.45) is 3.64. The van der Waals surface area contributed by atoms with E-state index in [-0.39, 0.29) is 0 Å². The largest absolute Gasteiger partial charge is 0.0654 e. The molecular weight excluding hydrogens is 360 g/mol. The highest BCUT2D eigenvalue weighted by Gasteiger charge is 2.15. The third-order valence-corrected chi connectivity index (χ3v) is 6.06. The minimum Gasteiger partial charge on any atom is -0.0654 e. The molecule has 0 aliphatic rings. The van der Waals surface area contributed by atoms with Crippen molar-refractivity contribution in [3.05, 3.63) is 109 Å². The second-order valence-corrected chi connectivity index (χ2v) is 8.01. The lowest BCUT2D eigenvalue weighted by Crippen LogP contribution is -1.91. The maximum atomic E-state index is 2.31. The van der Waals surface area contributed by atoms with E-state index in [9.17, 15) is 0 Å². The Hall–Kier alpha value is -3.38. The lowest BCUT2D eigenvalue weighted by molar-refractivity contribution is 0.795. The van der Waals surface area contributed by atoms with Crippen LogP contribution in [0.15, 0.2) is 103 Å². The Kier molecular flexibility index (Phi) is 5.07. The third-order valence-electron chi connectivity index (χ3n) is 6.06. The van der Waals surface area contributed by atoms with Crippen LogP contribution in [0.1, 0.15) is 25.3 Å². The lowest BCUT2D eigenvalue weighted by Gasteiger charge is -2.17. The van der Waals surface area contributed by atoms with Crippen LogP contribution in [0.4, 0.5) is 0 Å². The summed E-state index contributed by atoms with van der Waals surface area (Å²) in [7, 11) is 0. The van der Waals surface area contributed by atoms with Crippen LogP contribution in [0, 0.1) is 0 Å². The Bertz CT molecular complexity index is 1240. The summed E-state index contributed by atoms with van der Waals surface area (Å²) in [5.74, 6) is 0. The van der Waals surface area contributed by atoms with Crippen LogP contribution in [0.5, 0.6) is 0 Å². The molecular formula is C30H26. The third kappa shape index (κ3) is 3.29. The first-order valence-electron chi connectivity index (χ1n) is 10.9. The zero-order chi connectivity index (χ0) is 20.3. The van der Waals surface area contributed by atoms with E-state index in [0.717, 1.165) is 6.42 Å². The molecule has 0 aromatic heterocycles. The molecule has 0 fully saturated rings. The van der Waals surface area contributed by atoms with Gasteiger partial charge in [-0.05, 0) is 62.2 Å². The van der Waals surface area contributed by atoms with Crippen LogP contribution in [-0.2, 0) is 6.42 Å². The monoisotopic (exact) mass is 386 g/mol. The quantitative estimate of drug-likeness (QED) is 0.265. The van der Waals surface area contributed by atoms with Gasteiger partial charge in [-0.25, -0.2) is 0 Å². The fourth-order valence-corrected chi connectivity index (χ4v) is 4.57. The molecule has 5 rings (SSSR count). The number of hydrogen-bond acceptors (Lipinski definition) is 0. The van der Waals surface area contributed by atoms with Crippen LogP contribution in [0.25, 0.3) is 43.8 Å². The maximum Gasteiger partial charge on any atom is -0.00264 e. The van der Waals surface area contributed by atoms with Crippen LogP contribution < -0.4 is 0 Å². The average molecular weight is 387 g/mol. The first-order chi connectivity index (χ1) is 14.9. The van der Waals surface area contributed by atoms with Crippen molar-refractivity contribution < 1.29 is 0 Å². The first kappa shape index (κ1) is 18.6. The van der Waals surface area contributed by atoms with E-state index in [1.165, 1.54) is 62.2 Å². The molecule has 0 spiro atoms. The van der Waals surface area contributed by atoms with Crippen molar-refractivity contribution in [1.29, 1.82) is 0 Å². The Morgan fingerprint density at radius 1 is 0.467 bits per heavy atom. The van der Waals surface area contributed by atoms with Gasteiger partial charge in [0.2, 0.25) is 0 Å². The smallest absolute Gasteiger partial charge is 0.00264 e. The Morgan fingerprint density at radius 2 is 0.900 bits per heavy atom. The van der Waals surface area contributed by atoms with E-state index in [1.807, 2.05) is 0 Å². The highest BCUT2D eigenvalue weighted by atomic mass is 14.2. The molecule has 0 unspecified atom stereocenters. The molecule has 30 heavy (non-hydrogen) atoms. The Labute approximate surface area is 178 Å². The SMILES string of the molecule is CCCCc1ccc(-c2c3ccccc3c(-c3ccccc3)c3ccccc23)cc1. The second-order valence-electron chi connectivity index (χ2n) is 8.01. The van der Waals surface area contributed by atoms with Gasteiger partial charge in [0, 0.05) is 0 Å². The highest BCUT2D eigenvalue weighted by molar-refractivity contribution is 6.21. The molecule has 0 saturated heterocycles. The molecule has 0 amide bonds. The van der Waals surface area contributed by atoms with Gasteiger partial charge in [0.05, 0.1) is 0 Å². The van der Waals surface area contributed by atoms with Crippen molar-refractivity contribution >= 4 is 21.5 Å². The highest BCUT2D eigenvalue weighted by Crippen LogP contribution is 2.43. The van der Waals surface area contributed by atoms with Gasteiger partial charge in [0.15, 0.2) is 0 Å². The molecule has 5 aromatic carbocycles. The van der Waals surface area contributed by atoms with Crippen molar-refractivity contribution in [3.8, 4) is 22.3 Å². The number of fused-ring (bicyclic) bond motifs is 2. The number of benzene rings is 5. The van der Waals surface area contributed by atoms with E-state index in [1.54, 1.807) is 0 Å². The normalized spacial score (nSPS) is 11.2. The Balaban J connectivity index is 1.81. The summed E-state index contributed by atoms with van der Waals surface area (Å²) >= 11 is 0. The topological polar surface area (TPSA) is 0 Å².